The standard InChI is InChI=1S/C23H18N4O3/c28-22-20(12-16-4-2-1-3-5-16)26-23(29)21(27-22)13-18-6-7-19(14-25-18)30-15-17-8-10-24-11-9-17/h1-14H,15H2,(H,26,29)(H,27,28)/b20-12+,21-13-. The number of benzene rings is 1. The van der Waals surface area contributed by atoms with Crippen molar-refractivity contribution in [2.24, 2.45) is 0 Å². The van der Waals surface area contributed by atoms with E-state index in [1.165, 1.54) is 6.08 Å². The number of hydrogen-bond acceptors (Lipinski definition) is 5. The monoisotopic (exact) mass is 398 g/mol. The van der Waals surface area contributed by atoms with Gasteiger partial charge in [0, 0.05) is 12.4 Å². The quantitative estimate of drug-likeness (QED) is 0.524. The molecule has 0 saturated carbocycles. The van der Waals surface area contributed by atoms with Gasteiger partial charge in [-0.25, -0.2) is 0 Å². The van der Waals surface area contributed by atoms with Crippen LogP contribution in [0.5, 0.6) is 5.75 Å². The Balaban J connectivity index is 1.56. The van der Waals surface area contributed by atoms with Crippen LogP contribution in [-0.2, 0) is 6.61 Å². The maximum atomic E-state index is 12.4. The van der Waals surface area contributed by atoms with Gasteiger partial charge in [-0.2, -0.15) is 0 Å². The molecule has 3 heterocycles. The summed E-state index contributed by atoms with van der Waals surface area (Å²) in [6, 6.07) is 16.5. The van der Waals surface area contributed by atoms with E-state index in [4.69, 9.17) is 4.74 Å². The molecule has 0 aliphatic rings. The predicted octanol–water partition coefficient (Wildman–Crippen LogP) is 1.09. The summed E-state index contributed by atoms with van der Waals surface area (Å²) in [5.41, 5.74) is 1.54. The van der Waals surface area contributed by atoms with Crippen LogP contribution in [0, 0.1) is 0 Å². The Labute approximate surface area is 171 Å². The number of H-pyrrole nitrogens is 2. The van der Waals surface area contributed by atoms with Gasteiger partial charge >= 0.3 is 0 Å². The fraction of sp³-hybridized carbons (Fsp3) is 0.0435. The van der Waals surface area contributed by atoms with Gasteiger partial charge in [0.2, 0.25) is 0 Å². The fourth-order valence-electron chi connectivity index (χ4n) is 2.77. The summed E-state index contributed by atoms with van der Waals surface area (Å²) in [5, 5.41) is 0.319. The molecule has 1 aromatic carbocycles. The van der Waals surface area contributed by atoms with E-state index in [-0.39, 0.29) is 16.3 Å². The van der Waals surface area contributed by atoms with Crippen molar-refractivity contribution in [1.82, 2.24) is 19.9 Å². The minimum absolute atomic E-state index is 0.128. The Morgan fingerprint density at radius 1 is 0.833 bits per heavy atom. The summed E-state index contributed by atoms with van der Waals surface area (Å²) in [5.74, 6) is 0.596. The van der Waals surface area contributed by atoms with Gasteiger partial charge in [0.15, 0.2) is 0 Å². The third kappa shape index (κ3) is 4.77. The zero-order chi connectivity index (χ0) is 20.8. The maximum Gasteiger partial charge on any atom is 0.272 e. The Morgan fingerprint density at radius 3 is 2.20 bits per heavy atom. The highest BCUT2D eigenvalue weighted by molar-refractivity contribution is 5.48. The molecular formula is C23H18N4O3. The van der Waals surface area contributed by atoms with Crippen LogP contribution in [-0.4, -0.2) is 19.9 Å². The highest BCUT2D eigenvalue weighted by Crippen LogP contribution is 2.11. The first-order valence-electron chi connectivity index (χ1n) is 9.26. The van der Waals surface area contributed by atoms with Crippen molar-refractivity contribution in [1.29, 1.82) is 0 Å². The van der Waals surface area contributed by atoms with Crippen molar-refractivity contribution in [2.75, 3.05) is 0 Å². The molecule has 2 N–H and O–H groups in total. The lowest BCUT2D eigenvalue weighted by molar-refractivity contribution is 0.305. The molecule has 0 unspecified atom stereocenters. The lowest BCUT2D eigenvalue weighted by Crippen LogP contribution is -2.46. The second-order valence-corrected chi connectivity index (χ2v) is 6.50. The molecule has 0 saturated heterocycles. The minimum atomic E-state index is -0.406. The number of aromatic nitrogens is 4. The van der Waals surface area contributed by atoms with Gasteiger partial charge in [0.05, 0.1) is 11.9 Å². The van der Waals surface area contributed by atoms with Crippen LogP contribution in [0.25, 0.3) is 12.2 Å². The molecule has 0 aliphatic heterocycles. The number of pyridine rings is 2. The Hall–Kier alpha value is -4.26. The van der Waals surface area contributed by atoms with Crippen LogP contribution in [0.3, 0.4) is 0 Å². The molecule has 148 valence electrons. The molecule has 4 aromatic rings. The first kappa shape index (κ1) is 19.1. The first-order chi connectivity index (χ1) is 14.7. The minimum Gasteiger partial charge on any atom is -0.487 e. The molecule has 0 bridgehead atoms. The lowest BCUT2D eigenvalue weighted by atomic mass is 10.2. The van der Waals surface area contributed by atoms with Gasteiger partial charge in [-0.1, -0.05) is 30.3 Å². The molecule has 3 aromatic heterocycles. The lowest BCUT2D eigenvalue weighted by Gasteiger charge is -2.05. The van der Waals surface area contributed by atoms with Crippen molar-refractivity contribution in [3.05, 3.63) is 121 Å². The van der Waals surface area contributed by atoms with Gasteiger partial charge < -0.3 is 14.7 Å². The van der Waals surface area contributed by atoms with E-state index in [0.29, 0.717) is 18.1 Å². The number of ether oxygens (including phenoxy) is 1. The first-order valence-corrected chi connectivity index (χ1v) is 9.26. The van der Waals surface area contributed by atoms with Crippen LogP contribution in [0.1, 0.15) is 16.8 Å². The SMILES string of the molecule is O=c1[nH]/c(=C/c2ccccc2)c(=O)[nH]/c1=C\c1ccc(OCc2ccncc2)cn1. The van der Waals surface area contributed by atoms with Crippen LogP contribution in [0.4, 0.5) is 0 Å². The Kier molecular flexibility index (Phi) is 5.61. The molecule has 0 fully saturated rings. The number of nitrogens with one attached hydrogen (secondary N) is 2. The average Bonchev–Trinajstić information content (AvgIpc) is 2.78. The molecule has 0 radical (unpaired) electrons. The largest absolute Gasteiger partial charge is 0.487 e. The van der Waals surface area contributed by atoms with Crippen molar-refractivity contribution >= 4 is 12.2 Å². The molecule has 4 rings (SSSR count). The Morgan fingerprint density at radius 2 is 1.53 bits per heavy atom. The molecular weight excluding hydrogens is 380 g/mol. The second kappa shape index (κ2) is 8.83. The number of aromatic amines is 2. The number of nitrogens with zero attached hydrogens (tertiary/aromatic N) is 2. The van der Waals surface area contributed by atoms with E-state index in [0.717, 1.165) is 11.1 Å². The van der Waals surface area contributed by atoms with E-state index in [1.807, 2.05) is 42.5 Å². The fourth-order valence-corrected chi connectivity index (χ4v) is 2.77. The van der Waals surface area contributed by atoms with Gasteiger partial charge in [0.25, 0.3) is 11.1 Å². The van der Waals surface area contributed by atoms with E-state index < -0.39 is 5.56 Å². The molecule has 0 spiro atoms. The summed E-state index contributed by atoms with van der Waals surface area (Å²) in [6.45, 7) is 0.402. The van der Waals surface area contributed by atoms with E-state index in [2.05, 4.69) is 19.9 Å². The molecule has 7 heteroatoms. The van der Waals surface area contributed by atoms with Gasteiger partial charge in [-0.15, -0.1) is 0 Å². The van der Waals surface area contributed by atoms with Gasteiger partial charge in [-0.3, -0.25) is 19.6 Å². The highest BCUT2D eigenvalue weighted by atomic mass is 16.5. The normalized spacial score (nSPS) is 12.1. The molecule has 7 nitrogen and oxygen atoms in total. The summed E-state index contributed by atoms with van der Waals surface area (Å²) in [7, 11) is 0. The smallest absolute Gasteiger partial charge is 0.272 e. The zero-order valence-corrected chi connectivity index (χ0v) is 15.9. The molecule has 0 atom stereocenters. The topological polar surface area (TPSA) is 101 Å². The van der Waals surface area contributed by atoms with Crippen molar-refractivity contribution in [2.45, 2.75) is 6.61 Å². The van der Waals surface area contributed by atoms with Crippen molar-refractivity contribution in [3.8, 4) is 5.75 Å². The predicted molar refractivity (Wildman–Crippen MR) is 113 cm³/mol. The maximum absolute atomic E-state index is 12.4. The van der Waals surface area contributed by atoms with Crippen LogP contribution < -0.4 is 26.6 Å². The summed E-state index contributed by atoms with van der Waals surface area (Å²) < 4.78 is 5.68. The number of rotatable bonds is 5. The second-order valence-electron chi connectivity index (χ2n) is 6.50. The van der Waals surface area contributed by atoms with Gasteiger partial charge in [0.1, 0.15) is 23.1 Å². The Bertz CT molecular complexity index is 1360. The van der Waals surface area contributed by atoms with E-state index >= 15 is 0 Å². The third-order valence-corrected chi connectivity index (χ3v) is 4.30. The summed E-state index contributed by atoms with van der Waals surface area (Å²) >= 11 is 0. The van der Waals surface area contributed by atoms with E-state index in [1.54, 1.807) is 36.8 Å². The van der Waals surface area contributed by atoms with Crippen molar-refractivity contribution in [3.63, 3.8) is 0 Å². The average molecular weight is 398 g/mol. The van der Waals surface area contributed by atoms with Crippen molar-refractivity contribution < 1.29 is 4.74 Å². The summed E-state index contributed by atoms with van der Waals surface area (Å²) in [6.07, 6.45) is 8.11. The summed E-state index contributed by atoms with van der Waals surface area (Å²) in [4.78, 5) is 38.2. The third-order valence-electron chi connectivity index (χ3n) is 4.30. The van der Waals surface area contributed by atoms with Gasteiger partial charge in [-0.05, 0) is 47.5 Å². The molecule has 30 heavy (non-hydrogen) atoms. The van der Waals surface area contributed by atoms with Crippen LogP contribution >= 0.6 is 0 Å². The van der Waals surface area contributed by atoms with Crippen LogP contribution in [0.15, 0.2) is 82.8 Å². The van der Waals surface area contributed by atoms with Crippen LogP contribution in [0.2, 0.25) is 0 Å². The molecule has 0 amide bonds. The van der Waals surface area contributed by atoms with E-state index in [9.17, 15) is 9.59 Å². The molecule has 0 aliphatic carbocycles. The number of hydrogen-bond donors (Lipinski definition) is 2. The zero-order valence-electron chi connectivity index (χ0n) is 15.9. The highest BCUT2D eigenvalue weighted by Gasteiger charge is 2.00.